The van der Waals surface area contributed by atoms with E-state index >= 15 is 0 Å². The molecule has 0 radical (unpaired) electrons. The van der Waals surface area contributed by atoms with Crippen molar-refractivity contribution in [1.82, 2.24) is 14.9 Å². The first kappa shape index (κ1) is 28.5. The Balaban J connectivity index is 1.62. The third-order valence-corrected chi connectivity index (χ3v) is 7.79. The Labute approximate surface area is 247 Å². The topological polar surface area (TPSA) is 61.4 Å². The van der Waals surface area contributed by atoms with Gasteiger partial charge in [0.2, 0.25) is 0 Å². The van der Waals surface area contributed by atoms with Gasteiger partial charge in [0, 0.05) is 24.3 Å². The first-order valence-electron chi connectivity index (χ1n) is 14.1. The molecule has 41 heavy (non-hydrogen) atoms. The molecule has 0 amide bonds. The number of hydrogen-bond donors (Lipinski definition) is 2. The highest BCUT2D eigenvalue weighted by Gasteiger charge is 2.26. The first-order chi connectivity index (χ1) is 20.1. The van der Waals surface area contributed by atoms with E-state index in [0.29, 0.717) is 18.1 Å². The number of H-pyrrole nitrogens is 1. The Morgan fingerprint density at radius 1 is 0.927 bits per heavy atom. The van der Waals surface area contributed by atoms with Gasteiger partial charge in [0.15, 0.2) is 0 Å². The monoisotopic (exact) mass is 565 g/mol. The average molecular weight is 566 g/mol. The van der Waals surface area contributed by atoms with Gasteiger partial charge in [-0.15, -0.1) is 0 Å². The third kappa shape index (κ3) is 6.99. The Bertz CT molecular complexity index is 1550. The molecule has 0 spiro atoms. The smallest absolute Gasteiger partial charge is 0.119 e. The van der Waals surface area contributed by atoms with Crippen molar-refractivity contribution < 1.29 is 9.84 Å². The number of nitrogens with one attached hydrogen (secondary N) is 1. The fourth-order valence-electron chi connectivity index (χ4n) is 5.37. The maximum atomic E-state index is 9.98. The molecule has 0 aliphatic heterocycles. The van der Waals surface area contributed by atoms with Crippen LogP contribution in [0.15, 0.2) is 104 Å². The summed E-state index contributed by atoms with van der Waals surface area (Å²) in [6.45, 7) is 3.51. The number of phenolic OH excluding ortho intramolecular Hbond substituents is 1. The largest absolute Gasteiger partial charge is 0.508 e. The molecule has 2 N–H and O–H groups in total. The standard InChI is InChI=1S/C35H36ClN3O2/c1-3-4-11-26-18-28(15-17-32(26)27-12-8-13-31(19-27)41-2)35(34-21-37-24-38-34)39(22-25-9-6-5-7-10-25)23-29-14-16-30(40)20-33(29)36/h5-10,12-21,24,35,40H,3-4,11,22-23H2,1-2H3,(H,37,38). The fraction of sp³-hybridized carbons (Fsp3) is 0.229. The van der Waals surface area contributed by atoms with Crippen molar-refractivity contribution in [3.05, 3.63) is 136 Å². The molecule has 4 aromatic carbocycles. The van der Waals surface area contributed by atoms with Gasteiger partial charge >= 0.3 is 0 Å². The summed E-state index contributed by atoms with van der Waals surface area (Å²) in [5.74, 6) is 1.01. The zero-order valence-corrected chi connectivity index (χ0v) is 24.3. The van der Waals surface area contributed by atoms with E-state index in [-0.39, 0.29) is 11.8 Å². The highest BCUT2D eigenvalue weighted by Crippen LogP contribution is 2.36. The lowest BCUT2D eigenvalue weighted by molar-refractivity contribution is 0.204. The van der Waals surface area contributed by atoms with Gasteiger partial charge in [-0.2, -0.15) is 0 Å². The molecule has 5 aromatic rings. The van der Waals surface area contributed by atoms with Crippen molar-refractivity contribution in [2.24, 2.45) is 0 Å². The molecule has 5 nitrogen and oxygen atoms in total. The van der Waals surface area contributed by atoms with Crippen molar-refractivity contribution in [2.45, 2.75) is 45.3 Å². The molecule has 1 unspecified atom stereocenters. The predicted octanol–water partition coefficient (Wildman–Crippen LogP) is 8.58. The third-order valence-electron chi connectivity index (χ3n) is 7.44. The van der Waals surface area contributed by atoms with E-state index in [1.165, 1.54) is 22.3 Å². The van der Waals surface area contributed by atoms with Crippen LogP contribution in [0.1, 0.15) is 53.8 Å². The number of benzene rings is 4. The molecule has 0 fully saturated rings. The van der Waals surface area contributed by atoms with Crippen LogP contribution in [0, 0.1) is 0 Å². The van der Waals surface area contributed by atoms with E-state index in [0.717, 1.165) is 41.8 Å². The normalized spacial score (nSPS) is 12.0. The van der Waals surface area contributed by atoms with Crippen LogP contribution in [0.5, 0.6) is 11.5 Å². The minimum absolute atomic E-state index is 0.109. The van der Waals surface area contributed by atoms with E-state index in [1.54, 1.807) is 25.6 Å². The summed E-state index contributed by atoms with van der Waals surface area (Å²) < 4.78 is 5.53. The van der Waals surface area contributed by atoms with Gasteiger partial charge in [-0.05, 0) is 70.5 Å². The summed E-state index contributed by atoms with van der Waals surface area (Å²) in [6, 6.07) is 30.7. The minimum atomic E-state index is -0.109. The Hall–Kier alpha value is -4.06. The number of aromatic hydroxyl groups is 1. The van der Waals surface area contributed by atoms with Gasteiger partial charge in [-0.25, -0.2) is 4.98 Å². The molecular weight excluding hydrogens is 530 g/mol. The number of aromatic amines is 1. The second-order valence-corrected chi connectivity index (χ2v) is 10.7. The van der Waals surface area contributed by atoms with Crippen molar-refractivity contribution in [1.29, 1.82) is 0 Å². The van der Waals surface area contributed by atoms with Crippen LogP contribution in [0.2, 0.25) is 5.02 Å². The van der Waals surface area contributed by atoms with E-state index in [1.807, 2.05) is 30.5 Å². The number of aromatic nitrogens is 2. The van der Waals surface area contributed by atoms with E-state index < -0.39 is 0 Å². The zero-order chi connectivity index (χ0) is 28.6. The van der Waals surface area contributed by atoms with Gasteiger partial charge in [0.1, 0.15) is 11.5 Å². The summed E-state index contributed by atoms with van der Waals surface area (Å²) in [4.78, 5) is 10.2. The number of nitrogens with zero attached hydrogens (tertiary/aromatic N) is 2. The first-order valence-corrected chi connectivity index (χ1v) is 14.4. The summed E-state index contributed by atoms with van der Waals surface area (Å²) in [5.41, 5.74) is 8.02. The van der Waals surface area contributed by atoms with Gasteiger partial charge in [0.25, 0.3) is 0 Å². The molecule has 0 aliphatic rings. The summed E-state index contributed by atoms with van der Waals surface area (Å²) in [6.07, 6.45) is 6.84. The number of halogens is 1. The molecule has 1 atom stereocenters. The Kier molecular flexibility index (Phi) is 9.40. The number of imidazole rings is 1. The van der Waals surface area contributed by atoms with Crippen LogP contribution in [-0.2, 0) is 19.5 Å². The lowest BCUT2D eigenvalue weighted by Crippen LogP contribution is -2.29. The van der Waals surface area contributed by atoms with Crippen molar-refractivity contribution in [3.8, 4) is 22.6 Å². The number of methoxy groups -OCH3 is 1. The highest BCUT2D eigenvalue weighted by atomic mass is 35.5. The SMILES string of the molecule is CCCCc1cc(C(c2cnc[nH]2)N(Cc2ccccc2)Cc2ccc(O)cc2Cl)ccc1-c1cccc(OC)c1. The Morgan fingerprint density at radius 3 is 2.51 bits per heavy atom. The zero-order valence-electron chi connectivity index (χ0n) is 23.6. The maximum absolute atomic E-state index is 9.98. The summed E-state index contributed by atoms with van der Waals surface area (Å²) >= 11 is 6.63. The van der Waals surface area contributed by atoms with E-state index in [4.69, 9.17) is 16.3 Å². The molecule has 6 heteroatoms. The fourth-order valence-corrected chi connectivity index (χ4v) is 5.61. The quantitative estimate of drug-likeness (QED) is 0.159. The number of aryl methyl sites for hydroxylation is 1. The molecule has 1 aromatic heterocycles. The van der Waals surface area contributed by atoms with Crippen LogP contribution in [0.25, 0.3) is 11.1 Å². The molecular formula is C35H36ClN3O2. The van der Waals surface area contributed by atoms with Gasteiger partial charge in [-0.3, -0.25) is 4.90 Å². The van der Waals surface area contributed by atoms with Crippen molar-refractivity contribution in [2.75, 3.05) is 7.11 Å². The number of rotatable bonds is 12. The van der Waals surface area contributed by atoms with Crippen molar-refractivity contribution in [3.63, 3.8) is 0 Å². The molecule has 0 saturated heterocycles. The van der Waals surface area contributed by atoms with Crippen LogP contribution < -0.4 is 4.74 Å². The van der Waals surface area contributed by atoms with Gasteiger partial charge in [0.05, 0.1) is 25.2 Å². The molecule has 210 valence electrons. The molecule has 1 heterocycles. The molecule has 0 aliphatic carbocycles. The Morgan fingerprint density at radius 2 is 1.78 bits per heavy atom. The summed E-state index contributed by atoms with van der Waals surface area (Å²) in [5, 5.41) is 10.5. The number of ether oxygens (including phenoxy) is 1. The highest BCUT2D eigenvalue weighted by molar-refractivity contribution is 6.31. The van der Waals surface area contributed by atoms with Crippen LogP contribution in [0.4, 0.5) is 0 Å². The molecule has 5 rings (SSSR count). The summed E-state index contributed by atoms with van der Waals surface area (Å²) in [7, 11) is 1.71. The number of unbranched alkanes of at least 4 members (excludes halogenated alkanes) is 1. The van der Waals surface area contributed by atoms with Crippen LogP contribution in [-0.4, -0.2) is 27.1 Å². The molecule has 0 bridgehead atoms. The van der Waals surface area contributed by atoms with Gasteiger partial charge in [-0.1, -0.05) is 91.7 Å². The predicted molar refractivity (Wildman–Crippen MR) is 166 cm³/mol. The maximum Gasteiger partial charge on any atom is 0.119 e. The van der Waals surface area contributed by atoms with Crippen LogP contribution in [0.3, 0.4) is 0 Å². The average Bonchev–Trinajstić information content (AvgIpc) is 3.52. The lowest BCUT2D eigenvalue weighted by Gasteiger charge is -2.32. The van der Waals surface area contributed by atoms with E-state index in [9.17, 15) is 5.11 Å². The lowest BCUT2D eigenvalue weighted by atomic mass is 9.91. The molecule has 0 saturated carbocycles. The minimum Gasteiger partial charge on any atom is -0.508 e. The number of phenols is 1. The van der Waals surface area contributed by atoms with Crippen LogP contribution >= 0.6 is 11.6 Å². The van der Waals surface area contributed by atoms with Gasteiger partial charge < -0.3 is 14.8 Å². The van der Waals surface area contributed by atoms with E-state index in [2.05, 4.69) is 76.4 Å². The number of hydrogen-bond acceptors (Lipinski definition) is 4. The van der Waals surface area contributed by atoms with Crippen molar-refractivity contribution >= 4 is 11.6 Å². The second-order valence-electron chi connectivity index (χ2n) is 10.3. The second kappa shape index (κ2) is 13.5.